The van der Waals surface area contributed by atoms with Crippen LogP contribution in [-0.2, 0) is 9.53 Å². The Balaban J connectivity index is 2.33. The number of amides is 1. The number of hydrogen-bond acceptors (Lipinski definition) is 5. The summed E-state index contributed by atoms with van der Waals surface area (Å²) >= 11 is 8.15. The van der Waals surface area contributed by atoms with Gasteiger partial charge in [0.1, 0.15) is 17.1 Å². The smallest absolute Gasteiger partial charge is 0.408 e. The van der Waals surface area contributed by atoms with Gasteiger partial charge in [-0.2, -0.15) is 0 Å². The molecule has 0 spiro atoms. The molecule has 0 saturated heterocycles. The van der Waals surface area contributed by atoms with E-state index in [0.717, 1.165) is 0 Å². The van der Waals surface area contributed by atoms with E-state index in [9.17, 15) is 19.8 Å². The van der Waals surface area contributed by atoms with Crippen LogP contribution in [0.5, 0.6) is 17.2 Å². The van der Waals surface area contributed by atoms with E-state index in [4.69, 9.17) is 9.47 Å². The van der Waals surface area contributed by atoms with Crippen molar-refractivity contribution in [1.29, 1.82) is 0 Å². The number of hydrogen-bond donors (Lipinski definition) is 3. The van der Waals surface area contributed by atoms with Crippen LogP contribution in [0, 0.1) is 14.3 Å². The molecule has 30 heavy (non-hydrogen) atoms. The number of alkyl carbamates (subject to hydrolysis) is 1. The van der Waals surface area contributed by atoms with Gasteiger partial charge in [0.05, 0.1) is 14.3 Å². The number of nitrogens with one attached hydrogen (secondary N) is 1. The largest absolute Gasteiger partial charge is 0.506 e. The third kappa shape index (κ3) is 7.11. The first-order valence-corrected chi connectivity index (χ1v) is 12.7. The van der Waals surface area contributed by atoms with Gasteiger partial charge in [-0.1, -0.05) is 0 Å². The minimum Gasteiger partial charge on any atom is -0.506 e. The van der Waals surface area contributed by atoms with Gasteiger partial charge in [-0.3, -0.25) is 0 Å². The molecule has 0 aromatic heterocycles. The number of aromatic hydroxyl groups is 1. The highest BCUT2D eigenvalue weighted by Crippen LogP contribution is 2.37. The maximum atomic E-state index is 12.1. The van der Waals surface area contributed by atoms with Crippen LogP contribution in [0.2, 0.25) is 0 Å². The van der Waals surface area contributed by atoms with Gasteiger partial charge in [0.15, 0.2) is 11.8 Å². The topological polar surface area (TPSA) is 105 Å². The molecule has 2 aromatic carbocycles. The molecule has 0 bridgehead atoms. The van der Waals surface area contributed by atoms with Crippen molar-refractivity contribution in [2.24, 2.45) is 0 Å². The van der Waals surface area contributed by atoms with Crippen molar-refractivity contribution in [2.75, 3.05) is 0 Å². The number of carbonyl (C=O) groups excluding carboxylic acids is 1. The number of aliphatic carboxylic acids is 1. The number of carbonyl (C=O) groups is 2. The Hall–Kier alpha value is -0.300. The Bertz CT molecular complexity index is 943. The lowest BCUT2D eigenvalue weighted by Gasteiger charge is -2.22. The van der Waals surface area contributed by atoms with Crippen LogP contribution in [0.4, 0.5) is 4.79 Å². The Morgan fingerprint density at radius 1 is 0.967 bits per heavy atom. The van der Waals surface area contributed by atoms with Gasteiger partial charge in [0, 0.05) is 0 Å². The van der Waals surface area contributed by atoms with E-state index in [2.05, 4.69) is 50.5 Å². The zero-order valence-electron chi connectivity index (χ0n) is 15.9. The molecule has 2 rings (SSSR count). The van der Waals surface area contributed by atoms with Crippen molar-refractivity contribution in [3.63, 3.8) is 0 Å². The minimum absolute atomic E-state index is 0.195. The summed E-state index contributed by atoms with van der Waals surface area (Å²) in [6.45, 7) is 5.10. The summed E-state index contributed by atoms with van der Waals surface area (Å²) in [6.07, 6.45) is -0.812. The Morgan fingerprint density at radius 3 is 1.90 bits per heavy atom. The second-order valence-electron chi connectivity index (χ2n) is 7.07. The van der Waals surface area contributed by atoms with Crippen LogP contribution >= 0.6 is 90.4 Å². The second-order valence-corrected chi connectivity index (χ2v) is 11.7. The third-order valence-corrected chi connectivity index (χ3v) is 6.72. The molecular weight excluding hydrogens is 846 g/mol. The lowest BCUT2D eigenvalue weighted by atomic mass is 10.1. The average molecular weight is 863 g/mol. The monoisotopic (exact) mass is 863 g/mol. The molecule has 1 amide bonds. The highest BCUT2D eigenvalue weighted by atomic mass is 127. The number of phenolic OH excluding ortho intramolecular Hbond substituents is 1. The zero-order valence-corrected chi connectivity index (χ0v) is 24.6. The average Bonchev–Trinajstić information content (AvgIpc) is 2.58. The van der Waals surface area contributed by atoms with E-state index in [1.807, 2.05) is 45.2 Å². The molecule has 0 aliphatic carbocycles. The quantitative estimate of drug-likeness (QED) is 0.307. The number of rotatable bonds is 5. The van der Waals surface area contributed by atoms with Crippen molar-refractivity contribution < 1.29 is 29.3 Å². The zero-order chi connectivity index (χ0) is 22.8. The number of carboxylic acids is 1. The predicted octanol–water partition coefficient (Wildman–Crippen LogP) is 6.25. The highest BCUT2D eigenvalue weighted by Gasteiger charge is 2.27. The molecule has 3 N–H and O–H groups in total. The minimum atomic E-state index is -1.27. The van der Waals surface area contributed by atoms with Crippen molar-refractivity contribution in [3.8, 4) is 17.2 Å². The maximum absolute atomic E-state index is 12.1. The first kappa shape index (κ1) is 26.0. The van der Waals surface area contributed by atoms with Crippen LogP contribution in [0.25, 0.3) is 0 Å². The lowest BCUT2D eigenvalue weighted by molar-refractivity contribution is -0.139. The van der Waals surface area contributed by atoms with E-state index in [0.29, 0.717) is 31.3 Å². The summed E-state index contributed by atoms with van der Waals surface area (Å²) in [6, 6.07) is 5.44. The summed E-state index contributed by atoms with van der Waals surface area (Å²) in [7, 11) is 0. The predicted molar refractivity (Wildman–Crippen MR) is 145 cm³/mol. The van der Waals surface area contributed by atoms with E-state index in [-0.39, 0.29) is 5.75 Å². The summed E-state index contributed by atoms with van der Waals surface area (Å²) in [4.78, 5) is 23.8. The third-order valence-electron chi connectivity index (χ3n) is 3.47. The fraction of sp³-hybridized carbons (Fsp3) is 0.263. The van der Waals surface area contributed by atoms with E-state index in [1.165, 1.54) is 0 Å². The van der Waals surface area contributed by atoms with Crippen LogP contribution < -0.4 is 10.1 Å². The number of phenols is 1. The van der Waals surface area contributed by atoms with Crippen LogP contribution in [0.1, 0.15) is 32.4 Å². The fourth-order valence-corrected chi connectivity index (χ4v) is 6.02. The lowest BCUT2D eigenvalue weighted by Crippen LogP contribution is -2.38. The van der Waals surface area contributed by atoms with Crippen LogP contribution in [-0.4, -0.2) is 27.9 Å². The first-order chi connectivity index (χ1) is 13.8. The summed E-state index contributed by atoms with van der Waals surface area (Å²) in [5.41, 5.74) is -0.350. The number of ether oxygens (including phenoxy) is 2. The van der Waals surface area contributed by atoms with E-state index >= 15 is 0 Å². The van der Waals surface area contributed by atoms with Gasteiger partial charge in [-0.05, 0) is 141 Å². The van der Waals surface area contributed by atoms with Crippen molar-refractivity contribution in [3.05, 3.63) is 44.1 Å². The SMILES string of the molecule is CC(C)(C)OC(=O)NC(C(=O)O)c1cc(I)c(Oc2cc(I)c(O)c(I)c2)c(I)c1. The normalized spacial score (nSPS) is 12.2. The van der Waals surface area contributed by atoms with Gasteiger partial charge < -0.3 is 25.0 Å². The summed E-state index contributed by atoms with van der Waals surface area (Å²) < 4.78 is 13.8. The standard InChI is InChI=1S/C19H17I4NO6/c1-19(2,3)30-18(28)24-14(17(26)27)8-4-12(22)16(13(23)5-8)29-9-6-10(20)15(25)11(21)7-9/h4-7,14,25H,1-3H3,(H,24,28)(H,26,27). The molecule has 0 fully saturated rings. The number of halogens is 4. The van der Waals surface area contributed by atoms with Crippen molar-refractivity contribution >= 4 is 102 Å². The number of carboxylic acid groups (broad SMARTS) is 1. The molecule has 0 heterocycles. The highest BCUT2D eigenvalue weighted by molar-refractivity contribution is 14.1. The molecule has 0 radical (unpaired) electrons. The van der Waals surface area contributed by atoms with Crippen molar-refractivity contribution in [1.82, 2.24) is 5.32 Å². The molecule has 162 valence electrons. The maximum Gasteiger partial charge on any atom is 0.408 e. The Morgan fingerprint density at radius 2 is 1.47 bits per heavy atom. The summed E-state index contributed by atoms with van der Waals surface area (Å²) in [5.74, 6) is 0.0927. The first-order valence-electron chi connectivity index (χ1n) is 8.35. The van der Waals surface area contributed by atoms with Gasteiger partial charge in [0.2, 0.25) is 0 Å². The van der Waals surface area contributed by atoms with Crippen molar-refractivity contribution in [2.45, 2.75) is 32.4 Å². The molecule has 0 saturated carbocycles. The van der Waals surface area contributed by atoms with Crippen LogP contribution in [0.15, 0.2) is 24.3 Å². The van der Waals surface area contributed by atoms with Gasteiger partial charge >= 0.3 is 12.1 Å². The fourth-order valence-electron chi connectivity index (χ4n) is 2.28. The van der Waals surface area contributed by atoms with Gasteiger partial charge in [-0.25, -0.2) is 9.59 Å². The molecule has 2 aromatic rings. The van der Waals surface area contributed by atoms with Gasteiger partial charge in [0.25, 0.3) is 0 Å². The number of benzene rings is 2. The van der Waals surface area contributed by atoms with E-state index < -0.39 is 23.7 Å². The van der Waals surface area contributed by atoms with E-state index in [1.54, 1.807) is 45.0 Å². The van der Waals surface area contributed by atoms with Gasteiger partial charge in [-0.15, -0.1) is 0 Å². The molecular formula is C19H17I4NO6. The van der Waals surface area contributed by atoms with Crippen LogP contribution in [0.3, 0.4) is 0 Å². The Labute approximate surface area is 228 Å². The molecule has 7 nitrogen and oxygen atoms in total. The molecule has 11 heteroatoms. The molecule has 0 aliphatic heterocycles. The molecule has 1 unspecified atom stereocenters. The second kappa shape index (κ2) is 10.5. The molecule has 0 aliphatic rings. The summed E-state index contributed by atoms with van der Waals surface area (Å²) in [5, 5.41) is 21.9. The molecule has 1 atom stereocenters. The Kier molecular flexibility index (Phi) is 9.12.